The summed E-state index contributed by atoms with van der Waals surface area (Å²) in [4.78, 5) is 18.2. The Balaban J connectivity index is 1.22. The second kappa shape index (κ2) is 12.0. The fourth-order valence-electron chi connectivity index (χ4n) is 7.84. The van der Waals surface area contributed by atoms with Crippen LogP contribution in [0.2, 0.25) is 0 Å². The van der Waals surface area contributed by atoms with Crippen molar-refractivity contribution in [1.29, 1.82) is 0 Å². The molecule has 7 aromatic carbocycles. The monoisotopic (exact) mass is 651 g/mol. The van der Waals surface area contributed by atoms with Crippen LogP contribution in [0.4, 0.5) is 34.1 Å². The molecule has 0 amide bonds. The molecule has 0 bridgehead atoms. The van der Waals surface area contributed by atoms with Gasteiger partial charge in [0.1, 0.15) is 12.7 Å². The summed E-state index contributed by atoms with van der Waals surface area (Å²) in [5.74, 6) is 0.636. The van der Waals surface area contributed by atoms with Crippen molar-refractivity contribution in [2.75, 3.05) is 9.80 Å². The lowest BCUT2D eigenvalue weighted by Crippen LogP contribution is -2.61. The van der Waals surface area contributed by atoms with Crippen molar-refractivity contribution < 1.29 is 0 Å². The van der Waals surface area contributed by atoms with E-state index in [2.05, 4.69) is 195 Å². The summed E-state index contributed by atoms with van der Waals surface area (Å²) in [7, 11) is 0. The van der Waals surface area contributed by atoms with Gasteiger partial charge in [0.05, 0.1) is 0 Å². The van der Waals surface area contributed by atoms with E-state index in [1.54, 1.807) is 12.7 Å². The highest BCUT2D eigenvalue weighted by molar-refractivity contribution is 7.00. The zero-order valence-corrected chi connectivity index (χ0v) is 27.6. The maximum Gasteiger partial charge on any atom is 0.252 e. The molecule has 0 saturated carbocycles. The Kier molecular flexibility index (Phi) is 6.84. The normalized spacial score (nSPS) is 12.6. The number of aromatic nitrogens is 3. The van der Waals surface area contributed by atoms with Gasteiger partial charge in [0.15, 0.2) is 5.82 Å². The minimum atomic E-state index is 0.0366. The number of anilines is 6. The Morgan fingerprint density at radius 2 is 0.784 bits per heavy atom. The number of para-hydroxylation sites is 2. The lowest BCUT2D eigenvalue weighted by Gasteiger charge is -2.44. The fourth-order valence-corrected chi connectivity index (χ4v) is 7.84. The number of fused-ring (bicyclic) bond motifs is 4. The van der Waals surface area contributed by atoms with Crippen LogP contribution >= 0.6 is 0 Å². The van der Waals surface area contributed by atoms with Crippen molar-refractivity contribution in [1.82, 2.24) is 15.0 Å². The van der Waals surface area contributed by atoms with Gasteiger partial charge in [-0.1, -0.05) is 121 Å². The molecule has 5 nitrogen and oxygen atoms in total. The van der Waals surface area contributed by atoms with E-state index >= 15 is 0 Å². The molecule has 0 unspecified atom stereocenters. The highest BCUT2D eigenvalue weighted by Crippen LogP contribution is 2.46. The molecule has 0 spiro atoms. The molecule has 8 aromatic rings. The lowest BCUT2D eigenvalue weighted by molar-refractivity contribution is 1.05. The molecular weight excluding hydrogens is 621 g/mol. The zero-order chi connectivity index (χ0) is 33.7. The van der Waals surface area contributed by atoms with Gasteiger partial charge in [-0.3, -0.25) is 0 Å². The minimum Gasteiger partial charge on any atom is -0.311 e. The van der Waals surface area contributed by atoms with Crippen molar-refractivity contribution in [2.24, 2.45) is 0 Å². The molecule has 0 aliphatic carbocycles. The van der Waals surface area contributed by atoms with Gasteiger partial charge >= 0.3 is 0 Å². The molecule has 0 N–H and O–H groups in total. The van der Waals surface area contributed by atoms with E-state index < -0.39 is 0 Å². The van der Waals surface area contributed by atoms with Gasteiger partial charge in [0.25, 0.3) is 6.71 Å². The Hall–Kier alpha value is -6.79. The van der Waals surface area contributed by atoms with Gasteiger partial charge in [-0.15, -0.1) is 0 Å². The Morgan fingerprint density at radius 1 is 0.373 bits per heavy atom. The average Bonchev–Trinajstić information content (AvgIpc) is 3.22. The highest BCUT2D eigenvalue weighted by atomic mass is 15.2. The third-order valence-corrected chi connectivity index (χ3v) is 10.1. The van der Waals surface area contributed by atoms with E-state index in [1.807, 2.05) is 0 Å². The summed E-state index contributed by atoms with van der Waals surface area (Å²) < 4.78 is 0. The van der Waals surface area contributed by atoms with Gasteiger partial charge < -0.3 is 9.80 Å². The first-order valence-electron chi connectivity index (χ1n) is 17.2. The topological polar surface area (TPSA) is 45.2 Å². The van der Waals surface area contributed by atoms with E-state index in [-0.39, 0.29) is 6.71 Å². The van der Waals surface area contributed by atoms with Crippen LogP contribution in [0.3, 0.4) is 0 Å². The molecule has 238 valence electrons. The van der Waals surface area contributed by atoms with E-state index in [0.29, 0.717) is 5.82 Å². The summed E-state index contributed by atoms with van der Waals surface area (Å²) in [6.45, 7) is 0.0366. The molecule has 6 heteroatoms. The molecule has 0 saturated heterocycles. The number of nitrogens with zero attached hydrogens (tertiary/aromatic N) is 5. The van der Waals surface area contributed by atoms with E-state index in [1.165, 1.54) is 38.6 Å². The molecule has 3 heterocycles. The van der Waals surface area contributed by atoms with Gasteiger partial charge in [0.2, 0.25) is 0 Å². The van der Waals surface area contributed by atoms with Crippen LogP contribution in [0.1, 0.15) is 0 Å². The van der Waals surface area contributed by atoms with E-state index in [4.69, 9.17) is 0 Å². The first-order valence-corrected chi connectivity index (χ1v) is 17.2. The first kappa shape index (κ1) is 29.2. The number of benzene rings is 7. The van der Waals surface area contributed by atoms with Crippen molar-refractivity contribution in [2.45, 2.75) is 0 Å². The molecule has 10 rings (SSSR count). The van der Waals surface area contributed by atoms with Crippen LogP contribution in [0.5, 0.6) is 0 Å². The Labute approximate surface area is 297 Å². The summed E-state index contributed by atoms with van der Waals surface area (Å²) in [5, 5.41) is 0. The lowest BCUT2D eigenvalue weighted by atomic mass is 9.33. The van der Waals surface area contributed by atoms with Crippen LogP contribution < -0.4 is 26.2 Å². The predicted molar refractivity (Wildman–Crippen MR) is 210 cm³/mol. The molecule has 0 atom stereocenters. The molecule has 2 aliphatic heterocycles. The number of hydrogen-bond donors (Lipinski definition) is 0. The third kappa shape index (κ3) is 4.84. The predicted octanol–water partition coefficient (Wildman–Crippen LogP) is 8.96. The Bertz CT molecular complexity index is 2370. The summed E-state index contributed by atoms with van der Waals surface area (Å²) >= 11 is 0. The van der Waals surface area contributed by atoms with Crippen LogP contribution in [-0.2, 0) is 0 Å². The van der Waals surface area contributed by atoms with E-state index in [0.717, 1.165) is 39.7 Å². The highest BCUT2D eigenvalue weighted by Gasteiger charge is 2.43. The van der Waals surface area contributed by atoms with Gasteiger partial charge in [0, 0.05) is 39.7 Å². The van der Waals surface area contributed by atoms with Crippen LogP contribution in [0.25, 0.3) is 33.6 Å². The van der Waals surface area contributed by atoms with Crippen LogP contribution in [0.15, 0.2) is 183 Å². The van der Waals surface area contributed by atoms with Crippen LogP contribution in [0, 0.1) is 0 Å². The van der Waals surface area contributed by atoms with Crippen molar-refractivity contribution in [3.05, 3.63) is 183 Å². The molecular formula is C45H30BN5. The summed E-state index contributed by atoms with van der Waals surface area (Å²) in [5.41, 5.74) is 16.2. The molecule has 1 aromatic heterocycles. The zero-order valence-electron chi connectivity index (χ0n) is 27.6. The Morgan fingerprint density at radius 3 is 1.25 bits per heavy atom. The quantitative estimate of drug-likeness (QED) is 0.174. The van der Waals surface area contributed by atoms with Gasteiger partial charge in [-0.2, -0.15) is 0 Å². The summed E-state index contributed by atoms with van der Waals surface area (Å²) in [6.07, 6.45) is 3.14. The maximum atomic E-state index is 4.63. The van der Waals surface area contributed by atoms with Crippen molar-refractivity contribution >= 4 is 57.2 Å². The number of hydrogen-bond acceptors (Lipinski definition) is 5. The molecule has 2 aliphatic rings. The smallest absolute Gasteiger partial charge is 0.252 e. The largest absolute Gasteiger partial charge is 0.311 e. The SMILES string of the molecule is c1ccc(-c2ccc(N3c4ccccc4B4c5ccccc5N(c5ccc(-c6ccccc6)cc5)c5cc(-c6ncncn6)cc3c54)cc2)cc1. The van der Waals surface area contributed by atoms with Crippen molar-refractivity contribution in [3.8, 4) is 33.6 Å². The fraction of sp³-hybridized carbons (Fsp3) is 0. The van der Waals surface area contributed by atoms with E-state index in [9.17, 15) is 0 Å². The summed E-state index contributed by atoms with van der Waals surface area (Å²) in [6, 6.07) is 61.1. The number of rotatable bonds is 5. The molecule has 0 radical (unpaired) electrons. The minimum absolute atomic E-state index is 0.0366. The molecule has 51 heavy (non-hydrogen) atoms. The van der Waals surface area contributed by atoms with Crippen LogP contribution in [-0.4, -0.2) is 21.7 Å². The third-order valence-electron chi connectivity index (χ3n) is 10.1. The second-order valence-electron chi connectivity index (χ2n) is 12.9. The first-order chi connectivity index (χ1) is 25.3. The maximum absolute atomic E-state index is 4.63. The van der Waals surface area contributed by atoms with Gasteiger partial charge in [-0.25, -0.2) is 15.0 Å². The average molecular weight is 652 g/mol. The standard InChI is InChI=1S/C45H30BN5/c1-3-11-31(12-4-1)33-19-23-36(24-20-33)50-40-17-9-7-15-38(40)46-39-16-8-10-18-41(39)51(37-25-21-34(22-26-37)32-13-5-2-6-14-32)43-28-35(27-42(50)44(43)46)45-48-29-47-30-49-45/h1-30H. The van der Waals surface area contributed by atoms with Gasteiger partial charge in [-0.05, 0) is 87.2 Å². The van der Waals surface area contributed by atoms with Crippen molar-refractivity contribution in [3.63, 3.8) is 0 Å². The molecule has 0 fully saturated rings. The second-order valence-corrected chi connectivity index (χ2v) is 12.9.